The molecular formula is C12H15NO2. The molecule has 1 N–H and O–H groups in total. The van der Waals surface area contributed by atoms with E-state index in [1.54, 1.807) is 18.3 Å². The van der Waals surface area contributed by atoms with Crippen LogP contribution in [0.15, 0.2) is 24.4 Å². The van der Waals surface area contributed by atoms with Gasteiger partial charge >= 0.3 is 5.97 Å². The molecule has 1 rings (SSSR count). The number of aliphatic carboxylic acids is 1. The van der Waals surface area contributed by atoms with Crippen LogP contribution in [-0.2, 0) is 11.2 Å². The zero-order valence-corrected chi connectivity index (χ0v) is 8.81. The molecule has 0 aliphatic heterocycles. The maximum absolute atomic E-state index is 10.3. The third kappa shape index (κ3) is 4.40. The Morgan fingerprint density at radius 2 is 2.33 bits per heavy atom. The van der Waals surface area contributed by atoms with Crippen molar-refractivity contribution in [3.05, 3.63) is 35.7 Å². The van der Waals surface area contributed by atoms with Crippen LogP contribution in [0.3, 0.4) is 0 Å². The molecule has 0 aliphatic carbocycles. The van der Waals surface area contributed by atoms with Crippen molar-refractivity contribution in [2.24, 2.45) is 0 Å². The normalized spacial score (nSPS) is 10.7. The third-order valence-electron chi connectivity index (χ3n) is 1.96. The first kappa shape index (κ1) is 11.4. The molecular weight excluding hydrogens is 190 g/mol. The largest absolute Gasteiger partial charge is 0.481 e. The quantitative estimate of drug-likeness (QED) is 0.803. The lowest BCUT2D eigenvalue weighted by molar-refractivity contribution is -0.135. The van der Waals surface area contributed by atoms with E-state index < -0.39 is 5.97 Å². The maximum Gasteiger partial charge on any atom is 0.307 e. The Hall–Kier alpha value is -1.64. The van der Waals surface area contributed by atoms with Crippen molar-refractivity contribution in [2.75, 3.05) is 0 Å². The number of rotatable bonds is 5. The lowest BCUT2D eigenvalue weighted by Gasteiger charge is -1.97. The van der Waals surface area contributed by atoms with Crippen LogP contribution in [-0.4, -0.2) is 16.1 Å². The molecule has 0 aromatic carbocycles. The van der Waals surface area contributed by atoms with Crippen LogP contribution < -0.4 is 0 Å². The summed E-state index contributed by atoms with van der Waals surface area (Å²) in [6.07, 6.45) is 7.29. The highest BCUT2D eigenvalue weighted by molar-refractivity contribution is 5.70. The highest BCUT2D eigenvalue weighted by Crippen LogP contribution is 2.04. The first-order valence-corrected chi connectivity index (χ1v) is 5.05. The summed E-state index contributed by atoms with van der Waals surface area (Å²) in [7, 11) is 0. The molecule has 0 bridgehead atoms. The third-order valence-corrected chi connectivity index (χ3v) is 1.96. The molecule has 3 nitrogen and oxygen atoms in total. The summed E-state index contributed by atoms with van der Waals surface area (Å²) in [6, 6.07) is 3.93. The monoisotopic (exact) mass is 205 g/mol. The number of carboxylic acid groups (broad SMARTS) is 1. The van der Waals surface area contributed by atoms with E-state index in [-0.39, 0.29) is 6.42 Å². The molecule has 80 valence electrons. The standard InChI is InChI=1S/C12H15NO2/c1-2-4-11-8-7-10(9-13-11)5-3-6-12(14)15/h3,5,7-9H,2,4,6H2,1H3,(H,14,15). The Morgan fingerprint density at radius 1 is 1.53 bits per heavy atom. The molecule has 0 atom stereocenters. The van der Waals surface area contributed by atoms with Gasteiger partial charge in [0.1, 0.15) is 0 Å². The predicted octanol–water partition coefficient (Wildman–Crippen LogP) is 2.52. The molecule has 3 heteroatoms. The molecule has 1 aromatic heterocycles. The van der Waals surface area contributed by atoms with Gasteiger partial charge in [-0.05, 0) is 18.1 Å². The van der Waals surface area contributed by atoms with Crippen LogP contribution in [0.4, 0.5) is 0 Å². The molecule has 0 radical (unpaired) electrons. The Labute approximate surface area is 89.5 Å². The highest BCUT2D eigenvalue weighted by Gasteiger charge is 1.93. The van der Waals surface area contributed by atoms with Gasteiger partial charge in [-0.15, -0.1) is 0 Å². The van der Waals surface area contributed by atoms with Gasteiger partial charge in [0, 0.05) is 11.9 Å². The van der Waals surface area contributed by atoms with Crippen LogP contribution in [0.2, 0.25) is 0 Å². The van der Waals surface area contributed by atoms with Crippen molar-refractivity contribution >= 4 is 12.0 Å². The van der Waals surface area contributed by atoms with Gasteiger partial charge in [-0.25, -0.2) is 0 Å². The summed E-state index contributed by atoms with van der Waals surface area (Å²) in [5, 5.41) is 8.44. The van der Waals surface area contributed by atoms with Crippen molar-refractivity contribution in [1.82, 2.24) is 4.98 Å². The fourth-order valence-electron chi connectivity index (χ4n) is 1.23. The molecule has 0 unspecified atom stereocenters. The van der Waals surface area contributed by atoms with Gasteiger partial charge in [-0.2, -0.15) is 0 Å². The van der Waals surface area contributed by atoms with Gasteiger partial charge in [-0.3, -0.25) is 9.78 Å². The minimum atomic E-state index is -0.818. The first-order chi connectivity index (χ1) is 7.22. The predicted molar refractivity (Wildman–Crippen MR) is 59.5 cm³/mol. The van der Waals surface area contributed by atoms with Crippen LogP contribution in [0.1, 0.15) is 31.0 Å². The number of hydrogen-bond donors (Lipinski definition) is 1. The van der Waals surface area contributed by atoms with E-state index in [2.05, 4.69) is 11.9 Å². The smallest absolute Gasteiger partial charge is 0.307 e. The van der Waals surface area contributed by atoms with Crippen LogP contribution in [0.25, 0.3) is 6.08 Å². The average molecular weight is 205 g/mol. The summed E-state index contributed by atoms with van der Waals surface area (Å²) in [5.41, 5.74) is 2.02. The topological polar surface area (TPSA) is 50.2 Å². The second kappa shape index (κ2) is 5.96. The van der Waals surface area contributed by atoms with E-state index in [1.165, 1.54) is 0 Å². The van der Waals surface area contributed by atoms with Crippen molar-refractivity contribution in [3.8, 4) is 0 Å². The Bertz CT molecular complexity index is 341. The van der Waals surface area contributed by atoms with E-state index in [1.807, 2.05) is 12.1 Å². The van der Waals surface area contributed by atoms with E-state index in [0.717, 1.165) is 24.1 Å². The molecule has 1 aromatic rings. The van der Waals surface area contributed by atoms with Gasteiger partial charge in [0.25, 0.3) is 0 Å². The molecule has 15 heavy (non-hydrogen) atoms. The van der Waals surface area contributed by atoms with Crippen LogP contribution in [0, 0.1) is 0 Å². The fraction of sp³-hybridized carbons (Fsp3) is 0.333. The number of carbonyl (C=O) groups is 1. The number of aromatic nitrogens is 1. The minimum absolute atomic E-state index is 0.0523. The van der Waals surface area contributed by atoms with Crippen molar-refractivity contribution in [3.63, 3.8) is 0 Å². The molecule has 0 aliphatic rings. The van der Waals surface area contributed by atoms with Gasteiger partial charge in [0.05, 0.1) is 6.42 Å². The molecule has 0 saturated heterocycles. The number of pyridine rings is 1. The molecule has 1 heterocycles. The zero-order valence-electron chi connectivity index (χ0n) is 8.81. The number of hydrogen-bond acceptors (Lipinski definition) is 2. The SMILES string of the molecule is CCCc1ccc(C=CCC(=O)O)cn1. The Balaban J connectivity index is 2.56. The van der Waals surface area contributed by atoms with E-state index in [9.17, 15) is 4.79 Å². The lowest BCUT2D eigenvalue weighted by Crippen LogP contribution is -1.90. The molecule has 0 amide bonds. The van der Waals surface area contributed by atoms with Crippen molar-refractivity contribution in [2.45, 2.75) is 26.2 Å². The number of carboxylic acids is 1. The highest BCUT2D eigenvalue weighted by atomic mass is 16.4. The summed E-state index contributed by atoms with van der Waals surface area (Å²) in [5.74, 6) is -0.818. The average Bonchev–Trinajstić information content (AvgIpc) is 2.20. The number of aryl methyl sites for hydroxylation is 1. The van der Waals surface area contributed by atoms with Gasteiger partial charge < -0.3 is 5.11 Å². The Kier molecular flexibility index (Phi) is 4.54. The van der Waals surface area contributed by atoms with Crippen molar-refractivity contribution in [1.29, 1.82) is 0 Å². The summed E-state index contributed by atoms with van der Waals surface area (Å²) in [6.45, 7) is 2.11. The summed E-state index contributed by atoms with van der Waals surface area (Å²) < 4.78 is 0. The van der Waals surface area contributed by atoms with E-state index in [0.29, 0.717) is 0 Å². The second-order valence-electron chi connectivity index (χ2n) is 3.33. The van der Waals surface area contributed by atoms with Crippen molar-refractivity contribution < 1.29 is 9.90 Å². The molecule has 0 fully saturated rings. The second-order valence-corrected chi connectivity index (χ2v) is 3.33. The Morgan fingerprint density at radius 3 is 2.87 bits per heavy atom. The maximum atomic E-state index is 10.3. The summed E-state index contributed by atoms with van der Waals surface area (Å²) in [4.78, 5) is 14.5. The van der Waals surface area contributed by atoms with Crippen LogP contribution >= 0.6 is 0 Å². The van der Waals surface area contributed by atoms with Gasteiger partial charge in [0.15, 0.2) is 0 Å². The summed E-state index contributed by atoms with van der Waals surface area (Å²) >= 11 is 0. The van der Waals surface area contributed by atoms with Crippen LogP contribution in [0.5, 0.6) is 0 Å². The fourth-order valence-corrected chi connectivity index (χ4v) is 1.23. The zero-order chi connectivity index (χ0) is 11.1. The lowest BCUT2D eigenvalue weighted by atomic mass is 10.2. The number of nitrogens with zero attached hydrogens (tertiary/aromatic N) is 1. The minimum Gasteiger partial charge on any atom is -0.481 e. The molecule has 0 saturated carbocycles. The molecule has 0 spiro atoms. The first-order valence-electron chi connectivity index (χ1n) is 5.05. The van der Waals surface area contributed by atoms with E-state index in [4.69, 9.17) is 5.11 Å². The van der Waals surface area contributed by atoms with E-state index >= 15 is 0 Å². The van der Waals surface area contributed by atoms with Gasteiger partial charge in [-0.1, -0.05) is 31.6 Å². The van der Waals surface area contributed by atoms with Gasteiger partial charge in [0.2, 0.25) is 0 Å².